The Balaban J connectivity index is 2.65. The monoisotopic (exact) mass is 252 g/mol. The fourth-order valence-corrected chi connectivity index (χ4v) is 1.60. The fraction of sp³-hybridized carbons (Fsp3) is 0.692. The normalized spacial score (nSPS) is 12.8. The van der Waals surface area contributed by atoms with Crippen molar-refractivity contribution >= 4 is 5.69 Å². The summed E-state index contributed by atoms with van der Waals surface area (Å²) < 4.78 is 1.53. The summed E-state index contributed by atoms with van der Waals surface area (Å²) in [7, 11) is 3.80. The maximum atomic E-state index is 11.9. The van der Waals surface area contributed by atoms with Crippen molar-refractivity contribution in [2.45, 2.75) is 33.4 Å². The molecule has 1 heterocycles. The molecule has 5 heteroatoms. The number of anilines is 1. The van der Waals surface area contributed by atoms with Gasteiger partial charge in [0.25, 0.3) is 5.56 Å². The van der Waals surface area contributed by atoms with Crippen molar-refractivity contribution in [3.63, 3.8) is 0 Å². The summed E-state index contributed by atoms with van der Waals surface area (Å²) >= 11 is 0. The van der Waals surface area contributed by atoms with Crippen molar-refractivity contribution in [2.24, 2.45) is 5.92 Å². The molecular formula is C13H24N4O. The number of aromatic nitrogens is 2. The van der Waals surface area contributed by atoms with Gasteiger partial charge in [0.15, 0.2) is 0 Å². The van der Waals surface area contributed by atoms with E-state index in [1.165, 1.54) is 4.68 Å². The summed E-state index contributed by atoms with van der Waals surface area (Å²) in [5, 5.41) is 7.56. The van der Waals surface area contributed by atoms with Gasteiger partial charge in [0, 0.05) is 32.7 Å². The van der Waals surface area contributed by atoms with E-state index in [0.29, 0.717) is 18.5 Å². The van der Waals surface area contributed by atoms with Crippen molar-refractivity contribution in [1.29, 1.82) is 0 Å². The van der Waals surface area contributed by atoms with Gasteiger partial charge in [0.05, 0.1) is 11.9 Å². The van der Waals surface area contributed by atoms with E-state index in [1.54, 1.807) is 12.3 Å². The lowest BCUT2D eigenvalue weighted by molar-refractivity contribution is 0.396. The van der Waals surface area contributed by atoms with E-state index in [4.69, 9.17) is 0 Å². The van der Waals surface area contributed by atoms with Gasteiger partial charge in [-0.05, 0) is 12.5 Å². The van der Waals surface area contributed by atoms with Gasteiger partial charge in [0.1, 0.15) is 0 Å². The van der Waals surface area contributed by atoms with Gasteiger partial charge >= 0.3 is 0 Å². The predicted molar refractivity (Wildman–Crippen MR) is 75.1 cm³/mol. The van der Waals surface area contributed by atoms with E-state index in [-0.39, 0.29) is 5.56 Å². The Morgan fingerprint density at radius 1 is 1.39 bits per heavy atom. The lowest BCUT2D eigenvalue weighted by atomic mass is 10.1. The van der Waals surface area contributed by atoms with Gasteiger partial charge in [-0.2, -0.15) is 5.10 Å². The van der Waals surface area contributed by atoms with Crippen molar-refractivity contribution < 1.29 is 0 Å². The Hall–Kier alpha value is -1.36. The van der Waals surface area contributed by atoms with E-state index in [1.807, 2.05) is 19.0 Å². The molecule has 102 valence electrons. The van der Waals surface area contributed by atoms with Gasteiger partial charge in [-0.15, -0.1) is 0 Å². The SMILES string of the molecule is CC(CNC(C)C)Cn1ncc(N(C)C)cc1=O. The van der Waals surface area contributed by atoms with Crippen LogP contribution in [0.5, 0.6) is 0 Å². The third-order valence-corrected chi connectivity index (χ3v) is 2.73. The Bertz CT molecular complexity index is 425. The summed E-state index contributed by atoms with van der Waals surface area (Å²) in [6.45, 7) is 7.88. The molecule has 0 fully saturated rings. The maximum absolute atomic E-state index is 11.9. The molecule has 0 aliphatic heterocycles. The zero-order chi connectivity index (χ0) is 13.7. The van der Waals surface area contributed by atoms with Gasteiger partial charge in [-0.3, -0.25) is 4.79 Å². The second kappa shape index (κ2) is 6.54. The Morgan fingerprint density at radius 3 is 2.56 bits per heavy atom. The first-order chi connectivity index (χ1) is 8.40. The first-order valence-corrected chi connectivity index (χ1v) is 6.38. The first-order valence-electron chi connectivity index (χ1n) is 6.38. The lowest BCUT2D eigenvalue weighted by Gasteiger charge is -2.16. The van der Waals surface area contributed by atoms with Crippen LogP contribution in [0.3, 0.4) is 0 Å². The van der Waals surface area contributed by atoms with E-state index >= 15 is 0 Å². The number of rotatable bonds is 6. The Morgan fingerprint density at radius 2 is 2.06 bits per heavy atom. The molecule has 1 rings (SSSR count). The van der Waals surface area contributed by atoms with Crippen LogP contribution in [0.2, 0.25) is 0 Å². The number of hydrogen-bond acceptors (Lipinski definition) is 4. The molecule has 0 spiro atoms. The summed E-state index contributed by atoms with van der Waals surface area (Å²) in [5.41, 5.74) is 0.793. The highest BCUT2D eigenvalue weighted by Gasteiger charge is 2.07. The average molecular weight is 252 g/mol. The zero-order valence-corrected chi connectivity index (χ0v) is 12.0. The van der Waals surface area contributed by atoms with Crippen LogP contribution < -0.4 is 15.8 Å². The van der Waals surface area contributed by atoms with Crippen molar-refractivity contribution in [1.82, 2.24) is 15.1 Å². The standard InChI is InChI=1S/C13H24N4O/c1-10(2)14-7-11(3)9-17-13(18)6-12(8-15-17)16(4)5/h6,8,10-11,14H,7,9H2,1-5H3. The topological polar surface area (TPSA) is 50.2 Å². The molecule has 1 unspecified atom stereocenters. The largest absolute Gasteiger partial charge is 0.376 e. The quantitative estimate of drug-likeness (QED) is 0.819. The molecule has 0 saturated heterocycles. The smallest absolute Gasteiger partial charge is 0.268 e. The van der Waals surface area contributed by atoms with Crippen LogP contribution in [0, 0.1) is 5.92 Å². The molecular weight excluding hydrogens is 228 g/mol. The zero-order valence-electron chi connectivity index (χ0n) is 12.0. The molecule has 0 radical (unpaired) electrons. The molecule has 5 nitrogen and oxygen atoms in total. The van der Waals surface area contributed by atoms with Gasteiger partial charge in [0.2, 0.25) is 0 Å². The van der Waals surface area contributed by atoms with Crippen LogP contribution >= 0.6 is 0 Å². The molecule has 1 aromatic rings. The number of nitrogens with zero attached hydrogens (tertiary/aromatic N) is 3. The van der Waals surface area contributed by atoms with Gasteiger partial charge in [-0.25, -0.2) is 4.68 Å². The molecule has 18 heavy (non-hydrogen) atoms. The Kier molecular flexibility index (Phi) is 5.34. The second-order valence-corrected chi connectivity index (χ2v) is 5.30. The molecule has 0 saturated carbocycles. The van der Waals surface area contributed by atoms with Crippen LogP contribution in [0.1, 0.15) is 20.8 Å². The fourth-order valence-electron chi connectivity index (χ4n) is 1.60. The molecule has 0 aliphatic rings. The third-order valence-electron chi connectivity index (χ3n) is 2.73. The van der Waals surface area contributed by atoms with Crippen molar-refractivity contribution in [3.05, 3.63) is 22.6 Å². The highest BCUT2D eigenvalue weighted by molar-refractivity contribution is 5.40. The van der Waals surface area contributed by atoms with Crippen LogP contribution in [0.4, 0.5) is 5.69 Å². The van der Waals surface area contributed by atoms with E-state index in [0.717, 1.165) is 12.2 Å². The van der Waals surface area contributed by atoms with Crippen LogP contribution in [-0.2, 0) is 6.54 Å². The van der Waals surface area contributed by atoms with Crippen LogP contribution in [-0.4, -0.2) is 36.5 Å². The molecule has 0 aliphatic carbocycles. The maximum Gasteiger partial charge on any atom is 0.268 e. The molecule has 0 amide bonds. The summed E-state index contributed by atoms with van der Waals surface area (Å²) in [6.07, 6.45) is 1.73. The predicted octanol–water partition coefficient (Wildman–Crippen LogP) is 0.943. The minimum absolute atomic E-state index is 0.0439. The second-order valence-electron chi connectivity index (χ2n) is 5.30. The van der Waals surface area contributed by atoms with Crippen LogP contribution in [0.15, 0.2) is 17.1 Å². The van der Waals surface area contributed by atoms with Crippen molar-refractivity contribution in [3.8, 4) is 0 Å². The highest BCUT2D eigenvalue weighted by atomic mass is 16.1. The van der Waals surface area contributed by atoms with E-state index in [2.05, 4.69) is 31.2 Å². The minimum Gasteiger partial charge on any atom is -0.376 e. The minimum atomic E-state index is -0.0439. The van der Waals surface area contributed by atoms with E-state index < -0.39 is 0 Å². The van der Waals surface area contributed by atoms with E-state index in [9.17, 15) is 4.79 Å². The molecule has 1 atom stereocenters. The highest BCUT2D eigenvalue weighted by Crippen LogP contribution is 2.04. The van der Waals surface area contributed by atoms with Crippen molar-refractivity contribution in [2.75, 3.05) is 25.5 Å². The molecule has 1 N–H and O–H groups in total. The average Bonchev–Trinajstić information content (AvgIpc) is 2.29. The third kappa shape index (κ3) is 4.49. The van der Waals surface area contributed by atoms with Gasteiger partial charge in [-0.1, -0.05) is 20.8 Å². The molecule has 0 aromatic carbocycles. The van der Waals surface area contributed by atoms with Crippen LogP contribution in [0.25, 0.3) is 0 Å². The summed E-state index contributed by atoms with van der Waals surface area (Å²) in [4.78, 5) is 13.7. The summed E-state index contributed by atoms with van der Waals surface area (Å²) in [6, 6.07) is 2.09. The summed E-state index contributed by atoms with van der Waals surface area (Å²) in [5.74, 6) is 0.378. The number of nitrogens with one attached hydrogen (secondary N) is 1. The number of hydrogen-bond donors (Lipinski definition) is 1. The Labute approximate surface area is 109 Å². The molecule has 1 aromatic heterocycles. The molecule has 0 bridgehead atoms. The van der Waals surface area contributed by atoms with Gasteiger partial charge < -0.3 is 10.2 Å². The first kappa shape index (κ1) is 14.7. The lowest BCUT2D eigenvalue weighted by Crippen LogP contribution is -2.33.